The molecule has 1 aromatic carbocycles. The Balaban J connectivity index is 2.33. The summed E-state index contributed by atoms with van der Waals surface area (Å²) in [7, 11) is 0. The van der Waals surface area contributed by atoms with Crippen LogP contribution in [0.1, 0.15) is 12.0 Å². The third kappa shape index (κ3) is 4.81. The highest BCUT2D eigenvalue weighted by Crippen LogP contribution is 2.12. The van der Waals surface area contributed by atoms with Crippen molar-refractivity contribution in [2.45, 2.75) is 12.8 Å². The molecule has 0 amide bonds. The van der Waals surface area contributed by atoms with E-state index < -0.39 is 0 Å². The highest BCUT2D eigenvalue weighted by molar-refractivity contribution is 6.30. The van der Waals surface area contributed by atoms with Gasteiger partial charge in [-0.2, -0.15) is 0 Å². The molecule has 3 nitrogen and oxygen atoms in total. The van der Waals surface area contributed by atoms with E-state index in [0.717, 1.165) is 5.56 Å². The van der Waals surface area contributed by atoms with Crippen LogP contribution in [-0.2, 0) is 16.0 Å². The number of hydrogen-bond acceptors (Lipinski definition) is 3. The van der Waals surface area contributed by atoms with Crippen molar-refractivity contribution in [3.05, 3.63) is 34.9 Å². The van der Waals surface area contributed by atoms with Crippen LogP contribution in [0.2, 0.25) is 5.02 Å². The molecule has 0 fully saturated rings. The molecule has 0 aromatic heterocycles. The van der Waals surface area contributed by atoms with Crippen molar-refractivity contribution in [2.24, 2.45) is 0 Å². The molecular formula is C11H13ClO3. The molecule has 82 valence electrons. The number of aliphatic hydroxyl groups excluding tert-OH is 1. The number of carbonyl (C=O) groups excluding carboxylic acids is 1. The number of aliphatic hydroxyl groups is 1. The molecule has 0 aliphatic rings. The molecule has 0 saturated carbocycles. The average Bonchev–Trinajstić information content (AvgIpc) is 2.23. The summed E-state index contributed by atoms with van der Waals surface area (Å²) in [4.78, 5) is 11.1. The van der Waals surface area contributed by atoms with Gasteiger partial charge in [0.15, 0.2) is 0 Å². The van der Waals surface area contributed by atoms with Gasteiger partial charge in [-0.05, 0) is 24.1 Å². The summed E-state index contributed by atoms with van der Waals surface area (Å²) in [6.07, 6.45) is 0.908. The van der Waals surface area contributed by atoms with E-state index in [0.29, 0.717) is 17.9 Å². The average molecular weight is 229 g/mol. The van der Waals surface area contributed by atoms with E-state index in [2.05, 4.69) is 0 Å². The van der Waals surface area contributed by atoms with E-state index >= 15 is 0 Å². The van der Waals surface area contributed by atoms with Crippen LogP contribution in [0.25, 0.3) is 0 Å². The fraction of sp³-hybridized carbons (Fsp3) is 0.364. The van der Waals surface area contributed by atoms with Crippen LogP contribution in [-0.4, -0.2) is 24.3 Å². The van der Waals surface area contributed by atoms with Gasteiger partial charge in [0.1, 0.15) is 6.61 Å². The van der Waals surface area contributed by atoms with E-state index in [1.807, 2.05) is 18.2 Å². The zero-order valence-corrected chi connectivity index (χ0v) is 9.04. The van der Waals surface area contributed by atoms with Crippen molar-refractivity contribution < 1.29 is 14.6 Å². The monoisotopic (exact) mass is 228 g/mol. The summed E-state index contributed by atoms with van der Waals surface area (Å²) in [5.41, 5.74) is 1.00. The molecule has 0 aliphatic carbocycles. The molecular weight excluding hydrogens is 216 g/mol. The molecule has 15 heavy (non-hydrogen) atoms. The maximum Gasteiger partial charge on any atom is 0.306 e. The lowest BCUT2D eigenvalue weighted by Gasteiger charge is -2.03. The fourth-order valence-corrected chi connectivity index (χ4v) is 1.38. The van der Waals surface area contributed by atoms with Crippen LogP contribution in [0.4, 0.5) is 0 Å². The standard InChI is InChI=1S/C11H13ClO3/c12-10-3-1-2-9(8-10)4-5-11(14)15-7-6-13/h1-3,8,13H,4-7H2. The molecule has 0 heterocycles. The molecule has 1 aromatic rings. The summed E-state index contributed by atoms with van der Waals surface area (Å²) in [5, 5.41) is 9.11. The molecule has 0 saturated heterocycles. The van der Waals surface area contributed by atoms with E-state index in [4.69, 9.17) is 21.4 Å². The van der Waals surface area contributed by atoms with Crippen molar-refractivity contribution in [2.75, 3.05) is 13.2 Å². The highest BCUT2D eigenvalue weighted by atomic mass is 35.5. The Kier molecular flexibility index (Phi) is 5.15. The zero-order chi connectivity index (χ0) is 11.1. The summed E-state index contributed by atoms with van der Waals surface area (Å²) >= 11 is 5.79. The van der Waals surface area contributed by atoms with Crippen molar-refractivity contribution in [1.29, 1.82) is 0 Å². The molecule has 0 bridgehead atoms. The number of carbonyl (C=O) groups is 1. The van der Waals surface area contributed by atoms with Crippen LogP contribution < -0.4 is 0 Å². The predicted octanol–water partition coefficient (Wildman–Crippen LogP) is 1.81. The second-order valence-corrected chi connectivity index (χ2v) is 3.51. The van der Waals surface area contributed by atoms with E-state index in [9.17, 15) is 4.79 Å². The van der Waals surface area contributed by atoms with Gasteiger partial charge in [0, 0.05) is 11.4 Å². The Morgan fingerprint density at radius 3 is 2.93 bits per heavy atom. The maximum absolute atomic E-state index is 11.1. The SMILES string of the molecule is O=C(CCc1cccc(Cl)c1)OCCO. The Morgan fingerprint density at radius 2 is 2.27 bits per heavy atom. The predicted molar refractivity (Wildman–Crippen MR) is 57.8 cm³/mol. The van der Waals surface area contributed by atoms with Crippen molar-refractivity contribution >= 4 is 17.6 Å². The minimum absolute atomic E-state index is 0.0639. The molecule has 0 aliphatic heterocycles. The maximum atomic E-state index is 11.1. The number of esters is 1. The van der Waals surface area contributed by atoms with Crippen LogP contribution in [0.5, 0.6) is 0 Å². The lowest BCUT2D eigenvalue weighted by Crippen LogP contribution is -2.09. The van der Waals surface area contributed by atoms with E-state index in [1.54, 1.807) is 6.07 Å². The lowest BCUT2D eigenvalue weighted by atomic mass is 10.1. The third-order valence-electron chi connectivity index (χ3n) is 1.86. The van der Waals surface area contributed by atoms with E-state index in [1.165, 1.54) is 0 Å². The first-order valence-corrected chi connectivity index (χ1v) is 5.11. The van der Waals surface area contributed by atoms with Gasteiger partial charge in [-0.1, -0.05) is 23.7 Å². The number of aryl methyl sites for hydroxylation is 1. The molecule has 0 radical (unpaired) electrons. The summed E-state index contributed by atoms with van der Waals surface area (Å²) in [5.74, 6) is -0.302. The number of halogens is 1. The van der Waals surface area contributed by atoms with Gasteiger partial charge in [-0.15, -0.1) is 0 Å². The second kappa shape index (κ2) is 6.43. The van der Waals surface area contributed by atoms with E-state index in [-0.39, 0.29) is 19.2 Å². The minimum Gasteiger partial charge on any atom is -0.463 e. The Bertz CT molecular complexity index is 325. The Morgan fingerprint density at radius 1 is 1.47 bits per heavy atom. The van der Waals surface area contributed by atoms with Crippen LogP contribution in [0.3, 0.4) is 0 Å². The number of hydrogen-bond donors (Lipinski definition) is 1. The first kappa shape index (κ1) is 12.0. The number of benzene rings is 1. The topological polar surface area (TPSA) is 46.5 Å². The highest BCUT2D eigenvalue weighted by Gasteiger charge is 2.03. The minimum atomic E-state index is -0.302. The first-order valence-electron chi connectivity index (χ1n) is 4.73. The zero-order valence-electron chi connectivity index (χ0n) is 8.28. The molecule has 0 spiro atoms. The molecule has 0 unspecified atom stereocenters. The van der Waals surface area contributed by atoms with Crippen LogP contribution in [0, 0.1) is 0 Å². The van der Waals surface area contributed by atoms with Crippen molar-refractivity contribution in [1.82, 2.24) is 0 Å². The lowest BCUT2D eigenvalue weighted by molar-refractivity contribution is -0.144. The fourth-order valence-electron chi connectivity index (χ4n) is 1.17. The van der Waals surface area contributed by atoms with Gasteiger partial charge in [0.2, 0.25) is 0 Å². The normalized spacial score (nSPS) is 10.0. The Hall–Kier alpha value is -1.06. The van der Waals surface area contributed by atoms with Gasteiger partial charge in [-0.25, -0.2) is 0 Å². The molecule has 4 heteroatoms. The quantitative estimate of drug-likeness (QED) is 0.782. The smallest absolute Gasteiger partial charge is 0.306 e. The Labute approximate surface area is 93.6 Å². The third-order valence-corrected chi connectivity index (χ3v) is 2.10. The van der Waals surface area contributed by atoms with Gasteiger partial charge in [0.25, 0.3) is 0 Å². The molecule has 0 atom stereocenters. The second-order valence-electron chi connectivity index (χ2n) is 3.07. The van der Waals surface area contributed by atoms with Gasteiger partial charge in [0.05, 0.1) is 6.61 Å². The summed E-state index contributed by atoms with van der Waals surface area (Å²) in [6.45, 7) is -0.0721. The van der Waals surface area contributed by atoms with Crippen molar-refractivity contribution in [3.63, 3.8) is 0 Å². The summed E-state index contributed by atoms with van der Waals surface area (Å²) in [6, 6.07) is 7.36. The number of rotatable bonds is 5. The summed E-state index contributed by atoms with van der Waals surface area (Å²) < 4.78 is 4.72. The molecule has 1 N–H and O–H groups in total. The van der Waals surface area contributed by atoms with Gasteiger partial charge in [-0.3, -0.25) is 4.79 Å². The van der Waals surface area contributed by atoms with Crippen molar-refractivity contribution in [3.8, 4) is 0 Å². The molecule has 1 rings (SSSR count). The largest absolute Gasteiger partial charge is 0.463 e. The first-order chi connectivity index (χ1) is 7.22. The van der Waals surface area contributed by atoms with Crippen LogP contribution >= 0.6 is 11.6 Å². The van der Waals surface area contributed by atoms with Crippen LogP contribution in [0.15, 0.2) is 24.3 Å². The number of ether oxygens (including phenoxy) is 1. The van der Waals surface area contributed by atoms with Gasteiger partial charge >= 0.3 is 5.97 Å². The van der Waals surface area contributed by atoms with Gasteiger partial charge < -0.3 is 9.84 Å².